The van der Waals surface area contributed by atoms with Crippen molar-refractivity contribution >= 4 is 7.82 Å². The lowest BCUT2D eigenvalue weighted by molar-refractivity contribution is 0.282. The molecule has 0 aromatic heterocycles. The van der Waals surface area contributed by atoms with Gasteiger partial charge in [0.25, 0.3) is 0 Å². The first-order chi connectivity index (χ1) is 11.3. The van der Waals surface area contributed by atoms with Gasteiger partial charge in [0.15, 0.2) is 0 Å². The number of hydrogen-bond acceptors (Lipinski definition) is 2. The fourth-order valence-corrected chi connectivity index (χ4v) is 3.57. The summed E-state index contributed by atoms with van der Waals surface area (Å²) in [7, 11) is -4.54. The van der Waals surface area contributed by atoms with Crippen molar-refractivity contribution in [1.29, 1.82) is 0 Å². The van der Waals surface area contributed by atoms with Crippen molar-refractivity contribution < 1.29 is 18.9 Å². The van der Waals surface area contributed by atoms with Gasteiger partial charge in [0.1, 0.15) is 5.75 Å². The molecule has 0 heterocycles. The summed E-state index contributed by atoms with van der Waals surface area (Å²) in [6.45, 7) is 8.63. The van der Waals surface area contributed by atoms with Gasteiger partial charge in [-0.05, 0) is 54.9 Å². The Hall–Kier alpha value is -0.830. The largest absolute Gasteiger partial charge is 0.524 e. The molecule has 0 amide bonds. The van der Waals surface area contributed by atoms with Gasteiger partial charge in [0.2, 0.25) is 0 Å². The summed E-state index contributed by atoms with van der Waals surface area (Å²) >= 11 is 0. The zero-order valence-electron chi connectivity index (χ0n) is 15.5. The Morgan fingerprint density at radius 3 is 2.29 bits per heavy atom. The van der Waals surface area contributed by atoms with Crippen LogP contribution in [0.5, 0.6) is 5.75 Å². The highest BCUT2D eigenvalue weighted by Gasteiger charge is 2.22. The van der Waals surface area contributed by atoms with E-state index in [0.717, 1.165) is 37.7 Å². The van der Waals surface area contributed by atoms with Crippen molar-refractivity contribution in [2.75, 3.05) is 0 Å². The average Bonchev–Trinajstić information content (AvgIpc) is 2.51. The van der Waals surface area contributed by atoms with Gasteiger partial charge in [-0.1, -0.05) is 58.9 Å². The average molecular weight is 356 g/mol. The van der Waals surface area contributed by atoms with Crippen LogP contribution in [0, 0.1) is 12.8 Å². The van der Waals surface area contributed by atoms with Crippen LogP contribution < -0.4 is 4.52 Å². The summed E-state index contributed by atoms with van der Waals surface area (Å²) in [6.07, 6.45) is 8.52. The molecule has 2 N–H and O–H groups in total. The Bertz CT molecular complexity index is 551. The Balaban J connectivity index is 3.18. The third-order valence-corrected chi connectivity index (χ3v) is 5.09. The van der Waals surface area contributed by atoms with Gasteiger partial charge in [-0.15, -0.1) is 0 Å². The second-order valence-corrected chi connectivity index (χ2v) is 7.81. The SMILES string of the molecule is CCCCc1c(OP(=O)(O)O)ccc(C)c1CC(CC)CCCC. The number of unbranched alkanes of at least 4 members (excludes halogenated alkanes) is 2. The van der Waals surface area contributed by atoms with Crippen molar-refractivity contribution in [2.24, 2.45) is 5.92 Å². The van der Waals surface area contributed by atoms with Gasteiger partial charge in [-0.3, -0.25) is 9.79 Å². The Kier molecular flexibility index (Phi) is 9.04. The van der Waals surface area contributed by atoms with Crippen molar-refractivity contribution in [1.82, 2.24) is 0 Å². The smallest absolute Gasteiger partial charge is 0.404 e. The second kappa shape index (κ2) is 10.2. The second-order valence-electron chi connectivity index (χ2n) is 6.64. The van der Waals surface area contributed by atoms with Crippen LogP contribution in [-0.2, 0) is 17.4 Å². The van der Waals surface area contributed by atoms with Crippen LogP contribution in [0.1, 0.15) is 76.0 Å². The van der Waals surface area contributed by atoms with Crippen LogP contribution in [0.25, 0.3) is 0 Å². The molecule has 0 fully saturated rings. The first kappa shape index (κ1) is 21.2. The molecule has 1 aromatic carbocycles. The molecule has 24 heavy (non-hydrogen) atoms. The van der Waals surface area contributed by atoms with Gasteiger partial charge in [-0.25, -0.2) is 4.57 Å². The predicted octanol–water partition coefficient (Wildman–Crippen LogP) is 5.57. The first-order valence-corrected chi connectivity index (χ1v) is 10.7. The third kappa shape index (κ3) is 6.96. The van der Waals surface area contributed by atoms with Crippen molar-refractivity contribution in [3.05, 3.63) is 28.8 Å². The minimum absolute atomic E-state index is 0.350. The Morgan fingerprint density at radius 1 is 1.08 bits per heavy atom. The summed E-state index contributed by atoms with van der Waals surface area (Å²) in [4.78, 5) is 18.4. The van der Waals surface area contributed by atoms with E-state index >= 15 is 0 Å². The molecular weight excluding hydrogens is 323 g/mol. The van der Waals surface area contributed by atoms with Gasteiger partial charge in [0, 0.05) is 0 Å². The van der Waals surface area contributed by atoms with Gasteiger partial charge in [0.05, 0.1) is 0 Å². The standard InChI is InChI=1S/C19H33O4P/c1-5-8-10-16(7-3)14-18-15(4)12-13-19(23-24(20,21)22)17(18)11-9-6-2/h12-13,16H,5-11,14H2,1-4H3,(H2,20,21,22). The number of aryl methyl sites for hydroxylation is 1. The first-order valence-electron chi connectivity index (χ1n) is 9.18. The third-order valence-electron chi connectivity index (χ3n) is 4.66. The monoisotopic (exact) mass is 356 g/mol. The highest BCUT2D eigenvalue weighted by atomic mass is 31.2. The summed E-state index contributed by atoms with van der Waals surface area (Å²) in [6, 6.07) is 3.62. The van der Waals surface area contributed by atoms with Crippen LogP contribution in [0.3, 0.4) is 0 Å². The van der Waals surface area contributed by atoms with Crippen LogP contribution in [0.2, 0.25) is 0 Å². The van der Waals surface area contributed by atoms with Crippen molar-refractivity contribution in [2.45, 2.75) is 79.1 Å². The molecule has 0 bridgehead atoms. The molecular formula is C19H33O4P. The van der Waals surface area contributed by atoms with Crippen molar-refractivity contribution in [3.63, 3.8) is 0 Å². The molecule has 0 aliphatic rings. The molecule has 1 unspecified atom stereocenters. The van der Waals surface area contributed by atoms with E-state index in [4.69, 9.17) is 4.52 Å². The van der Waals surface area contributed by atoms with Crippen LogP contribution in [-0.4, -0.2) is 9.79 Å². The van der Waals surface area contributed by atoms with E-state index in [1.165, 1.54) is 30.4 Å². The van der Waals surface area contributed by atoms with E-state index in [2.05, 4.69) is 27.7 Å². The highest BCUT2D eigenvalue weighted by Crippen LogP contribution is 2.41. The van der Waals surface area contributed by atoms with Gasteiger partial charge < -0.3 is 4.52 Å². The van der Waals surface area contributed by atoms with E-state index < -0.39 is 7.82 Å². The normalized spacial score (nSPS) is 13.1. The van der Waals surface area contributed by atoms with E-state index in [9.17, 15) is 14.4 Å². The minimum Gasteiger partial charge on any atom is -0.404 e. The van der Waals surface area contributed by atoms with Crippen molar-refractivity contribution in [3.8, 4) is 5.75 Å². The summed E-state index contributed by atoms with van der Waals surface area (Å²) in [5.74, 6) is 0.956. The topological polar surface area (TPSA) is 66.8 Å². The quantitative estimate of drug-likeness (QED) is 0.509. The molecule has 4 nitrogen and oxygen atoms in total. The van der Waals surface area contributed by atoms with E-state index in [1.807, 2.05) is 6.07 Å². The lowest BCUT2D eigenvalue weighted by atomic mass is 9.86. The summed E-state index contributed by atoms with van der Waals surface area (Å²) < 4.78 is 16.3. The number of phosphoric acid groups is 1. The molecule has 0 aliphatic heterocycles. The van der Waals surface area contributed by atoms with Crippen LogP contribution in [0.15, 0.2) is 12.1 Å². The molecule has 1 aromatic rings. The minimum atomic E-state index is -4.54. The molecule has 0 spiro atoms. The highest BCUT2D eigenvalue weighted by molar-refractivity contribution is 7.46. The molecule has 0 saturated heterocycles. The molecule has 5 heteroatoms. The number of benzene rings is 1. The fourth-order valence-electron chi connectivity index (χ4n) is 3.15. The molecule has 0 aliphatic carbocycles. The number of phosphoric ester groups is 1. The Labute approximate surface area is 146 Å². The predicted molar refractivity (Wildman–Crippen MR) is 99.5 cm³/mol. The van der Waals surface area contributed by atoms with Crippen LogP contribution in [0.4, 0.5) is 0 Å². The maximum Gasteiger partial charge on any atom is 0.524 e. The fraction of sp³-hybridized carbons (Fsp3) is 0.684. The van der Waals surface area contributed by atoms with E-state index in [0.29, 0.717) is 11.7 Å². The maximum absolute atomic E-state index is 11.3. The number of rotatable bonds is 11. The van der Waals surface area contributed by atoms with E-state index in [-0.39, 0.29) is 0 Å². The zero-order chi connectivity index (χ0) is 18.2. The van der Waals surface area contributed by atoms with Crippen LogP contribution >= 0.6 is 7.82 Å². The summed E-state index contributed by atoms with van der Waals surface area (Å²) in [5, 5.41) is 0. The van der Waals surface area contributed by atoms with Gasteiger partial charge in [-0.2, -0.15) is 0 Å². The number of hydrogen-bond donors (Lipinski definition) is 2. The molecule has 0 radical (unpaired) electrons. The van der Waals surface area contributed by atoms with E-state index in [1.54, 1.807) is 6.07 Å². The maximum atomic E-state index is 11.3. The summed E-state index contributed by atoms with van der Waals surface area (Å²) in [5.41, 5.74) is 3.39. The zero-order valence-corrected chi connectivity index (χ0v) is 16.4. The van der Waals surface area contributed by atoms with Gasteiger partial charge >= 0.3 is 7.82 Å². The lowest BCUT2D eigenvalue weighted by Gasteiger charge is -2.22. The molecule has 1 rings (SSSR count). The molecule has 0 saturated carbocycles. The Morgan fingerprint density at radius 2 is 1.75 bits per heavy atom. The molecule has 138 valence electrons. The lowest BCUT2D eigenvalue weighted by Crippen LogP contribution is -2.09. The molecule has 1 atom stereocenters.